The summed E-state index contributed by atoms with van der Waals surface area (Å²) in [5.41, 5.74) is 0. The first-order valence-corrected chi connectivity index (χ1v) is 8.20. The van der Waals surface area contributed by atoms with Crippen LogP contribution in [0.3, 0.4) is 0 Å². The third kappa shape index (κ3) is 7.56. The predicted octanol–water partition coefficient (Wildman–Crippen LogP) is 3.50. The molecule has 1 rings (SSSR count). The molecule has 3 nitrogen and oxygen atoms in total. The van der Waals surface area contributed by atoms with Gasteiger partial charge in [0.1, 0.15) is 0 Å². The number of β-amino-alcohol motifs (C(OH)–C–C–N with tert-alkyl or cyclic N) is 1. The second-order valence-electron chi connectivity index (χ2n) is 5.86. The van der Waals surface area contributed by atoms with E-state index in [2.05, 4.69) is 6.92 Å². The van der Waals surface area contributed by atoms with Crippen LogP contribution in [0.1, 0.15) is 77.6 Å². The molecule has 1 amide bonds. The lowest BCUT2D eigenvalue weighted by molar-refractivity contribution is -0.130. The van der Waals surface area contributed by atoms with E-state index in [1.165, 1.54) is 51.4 Å². The number of aliphatic hydroxyl groups is 1. The molecule has 0 radical (unpaired) electrons. The fourth-order valence-electron chi connectivity index (χ4n) is 2.71. The van der Waals surface area contributed by atoms with E-state index in [0.717, 1.165) is 19.4 Å². The van der Waals surface area contributed by atoms with Crippen molar-refractivity contribution in [3.05, 3.63) is 0 Å². The molecule has 0 spiro atoms. The van der Waals surface area contributed by atoms with E-state index in [1.807, 2.05) is 4.90 Å². The Balaban J connectivity index is 1.86. The molecule has 1 aliphatic rings. The Bertz CT molecular complexity index is 243. The van der Waals surface area contributed by atoms with E-state index in [4.69, 9.17) is 0 Å². The first-order chi connectivity index (χ1) is 9.24. The Labute approximate surface area is 118 Å². The maximum absolute atomic E-state index is 11.8. The van der Waals surface area contributed by atoms with Crippen LogP contribution in [0.2, 0.25) is 0 Å². The van der Waals surface area contributed by atoms with Gasteiger partial charge in [0.25, 0.3) is 0 Å². The molecule has 0 saturated carbocycles. The molecule has 0 aliphatic carbocycles. The maximum Gasteiger partial charge on any atom is 0.222 e. The van der Waals surface area contributed by atoms with Crippen LogP contribution < -0.4 is 0 Å². The summed E-state index contributed by atoms with van der Waals surface area (Å²) in [5.74, 6) is 0.236. The van der Waals surface area contributed by atoms with Crippen LogP contribution in [0.25, 0.3) is 0 Å². The highest BCUT2D eigenvalue weighted by molar-refractivity contribution is 5.76. The minimum atomic E-state index is -0.285. The summed E-state index contributed by atoms with van der Waals surface area (Å²) in [5, 5.41) is 9.38. The largest absolute Gasteiger partial charge is 0.391 e. The second-order valence-corrected chi connectivity index (χ2v) is 5.86. The Kier molecular flexibility index (Phi) is 8.89. The van der Waals surface area contributed by atoms with Gasteiger partial charge in [-0.3, -0.25) is 4.79 Å². The number of likely N-dealkylation sites (tertiary alicyclic amines) is 1. The van der Waals surface area contributed by atoms with Gasteiger partial charge in [0.05, 0.1) is 6.10 Å². The van der Waals surface area contributed by atoms with Crippen molar-refractivity contribution in [2.45, 2.75) is 83.7 Å². The molecular formula is C16H31NO2. The van der Waals surface area contributed by atoms with Gasteiger partial charge in [-0.15, -0.1) is 0 Å². The average molecular weight is 269 g/mol. The first-order valence-electron chi connectivity index (χ1n) is 8.20. The molecule has 1 heterocycles. The van der Waals surface area contributed by atoms with Crippen LogP contribution in [0.4, 0.5) is 0 Å². The topological polar surface area (TPSA) is 40.5 Å². The van der Waals surface area contributed by atoms with E-state index in [-0.39, 0.29) is 12.0 Å². The summed E-state index contributed by atoms with van der Waals surface area (Å²) in [6, 6.07) is 0. The smallest absolute Gasteiger partial charge is 0.222 e. The van der Waals surface area contributed by atoms with E-state index < -0.39 is 0 Å². The van der Waals surface area contributed by atoms with Crippen molar-refractivity contribution in [1.82, 2.24) is 4.90 Å². The van der Waals surface area contributed by atoms with Crippen molar-refractivity contribution >= 4 is 5.91 Å². The highest BCUT2D eigenvalue weighted by atomic mass is 16.3. The Hall–Kier alpha value is -0.570. The molecule has 1 saturated heterocycles. The highest BCUT2D eigenvalue weighted by Crippen LogP contribution is 2.14. The monoisotopic (exact) mass is 269 g/mol. The lowest BCUT2D eigenvalue weighted by atomic mass is 10.1. The number of hydrogen-bond acceptors (Lipinski definition) is 2. The molecule has 0 aromatic carbocycles. The maximum atomic E-state index is 11.8. The molecule has 1 N–H and O–H groups in total. The van der Waals surface area contributed by atoms with Gasteiger partial charge in [-0.1, -0.05) is 58.3 Å². The van der Waals surface area contributed by atoms with E-state index >= 15 is 0 Å². The Morgan fingerprint density at radius 1 is 1.05 bits per heavy atom. The molecule has 1 aliphatic heterocycles. The molecular weight excluding hydrogens is 238 g/mol. The van der Waals surface area contributed by atoms with Crippen LogP contribution in [-0.2, 0) is 4.79 Å². The van der Waals surface area contributed by atoms with Gasteiger partial charge in [0.2, 0.25) is 5.91 Å². The number of aliphatic hydroxyl groups excluding tert-OH is 1. The van der Waals surface area contributed by atoms with Gasteiger partial charge in [0, 0.05) is 19.5 Å². The zero-order valence-corrected chi connectivity index (χ0v) is 12.6. The minimum absolute atomic E-state index is 0.236. The number of hydrogen-bond donors (Lipinski definition) is 1. The average Bonchev–Trinajstić information content (AvgIpc) is 2.83. The third-order valence-corrected chi connectivity index (χ3v) is 4.01. The number of nitrogens with zero attached hydrogens (tertiary/aromatic N) is 1. The summed E-state index contributed by atoms with van der Waals surface area (Å²) in [6.45, 7) is 3.55. The van der Waals surface area contributed by atoms with Gasteiger partial charge >= 0.3 is 0 Å². The second kappa shape index (κ2) is 10.2. The molecule has 1 fully saturated rings. The van der Waals surface area contributed by atoms with Gasteiger partial charge in [-0.25, -0.2) is 0 Å². The number of carbonyl (C=O) groups is 1. The summed E-state index contributed by atoms with van der Waals surface area (Å²) >= 11 is 0. The van der Waals surface area contributed by atoms with Crippen molar-refractivity contribution in [2.24, 2.45) is 0 Å². The minimum Gasteiger partial charge on any atom is -0.391 e. The fraction of sp³-hybridized carbons (Fsp3) is 0.938. The molecule has 19 heavy (non-hydrogen) atoms. The Morgan fingerprint density at radius 3 is 2.16 bits per heavy atom. The summed E-state index contributed by atoms with van der Waals surface area (Å²) < 4.78 is 0. The van der Waals surface area contributed by atoms with Crippen LogP contribution in [0, 0.1) is 0 Å². The third-order valence-electron chi connectivity index (χ3n) is 4.01. The van der Waals surface area contributed by atoms with Crippen molar-refractivity contribution in [3.63, 3.8) is 0 Å². The molecule has 3 heteroatoms. The number of amides is 1. The predicted molar refractivity (Wildman–Crippen MR) is 79.0 cm³/mol. The van der Waals surface area contributed by atoms with Gasteiger partial charge in [0.15, 0.2) is 0 Å². The van der Waals surface area contributed by atoms with Gasteiger partial charge in [-0.05, 0) is 12.8 Å². The molecule has 0 aromatic rings. The summed E-state index contributed by atoms with van der Waals surface area (Å²) in [6.07, 6.45) is 12.7. The van der Waals surface area contributed by atoms with E-state index in [0.29, 0.717) is 13.0 Å². The number of unbranched alkanes of at least 4 members (excludes halogenated alkanes) is 8. The van der Waals surface area contributed by atoms with E-state index in [1.54, 1.807) is 0 Å². The van der Waals surface area contributed by atoms with Crippen LogP contribution in [0.15, 0.2) is 0 Å². The lowest BCUT2D eigenvalue weighted by Gasteiger charge is -2.15. The summed E-state index contributed by atoms with van der Waals surface area (Å²) in [4.78, 5) is 13.6. The SMILES string of the molecule is CCCCCCCCCCCC(=O)N1CC[C@H](O)C1. The zero-order valence-electron chi connectivity index (χ0n) is 12.6. The fourth-order valence-corrected chi connectivity index (χ4v) is 2.71. The Morgan fingerprint density at radius 2 is 1.63 bits per heavy atom. The van der Waals surface area contributed by atoms with Crippen LogP contribution >= 0.6 is 0 Å². The normalized spacial score (nSPS) is 19.1. The highest BCUT2D eigenvalue weighted by Gasteiger charge is 2.23. The molecule has 1 atom stereocenters. The molecule has 112 valence electrons. The van der Waals surface area contributed by atoms with Gasteiger partial charge < -0.3 is 10.0 Å². The quantitative estimate of drug-likeness (QED) is 0.617. The van der Waals surface area contributed by atoms with Crippen molar-refractivity contribution in [2.75, 3.05) is 13.1 Å². The van der Waals surface area contributed by atoms with Gasteiger partial charge in [-0.2, -0.15) is 0 Å². The first kappa shape index (κ1) is 16.5. The van der Waals surface area contributed by atoms with Crippen molar-refractivity contribution in [1.29, 1.82) is 0 Å². The van der Waals surface area contributed by atoms with Crippen LogP contribution in [-0.4, -0.2) is 35.1 Å². The lowest BCUT2D eigenvalue weighted by Crippen LogP contribution is -2.29. The molecule has 0 bridgehead atoms. The summed E-state index contributed by atoms with van der Waals surface area (Å²) in [7, 11) is 0. The van der Waals surface area contributed by atoms with Crippen molar-refractivity contribution < 1.29 is 9.90 Å². The molecule has 0 unspecified atom stereocenters. The number of carbonyl (C=O) groups excluding carboxylic acids is 1. The standard InChI is InChI=1S/C16H31NO2/c1-2-3-4-5-6-7-8-9-10-11-16(19)17-13-12-15(18)14-17/h15,18H,2-14H2,1H3/t15-/m0/s1. The zero-order chi connectivity index (χ0) is 13.9. The van der Waals surface area contributed by atoms with Crippen molar-refractivity contribution in [3.8, 4) is 0 Å². The number of rotatable bonds is 10. The van der Waals surface area contributed by atoms with Crippen LogP contribution in [0.5, 0.6) is 0 Å². The molecule has 0 aromatic heterocycles. The van der Waals surface area contributed by atoms with E-state index in [9.17, 15) is 9.90 Å².